The molecule has 1 aliphatic rings. The molecular formula is C24H25N3O5. The Balaban J connectivity index is 1.65. The number of nitrogens with zero attached hydrogens (tertiary/aromatic N) is 1. The average molecular weight is 435 g/mol. The van der Waals surface area contributed by atoms with Crippen LogP contribution in [0.5, 0.6) is 0 Å². The fourth-order valence-corrected chi connectivity index (χ4v) is 3.81. The number of alkyl carbamates (subject to hydrolysis) is 1. The molecule has 8 nitrogen and oxygen atoms in total. The number of carboxylic acid groups (broad SMARTS) is 1. The number of fused-ring (bicyclic) bond motifs is 3. The lowest BCUT2D eigenvalue weighted by molar-refractivity contribution is -0.141. The number of aliphatic carboxylic acids is 1. The summed E-state index contributed by atoms with van der Waals surface area (Å²) in [4.78, 5) is 36.0. The molecule has 1 aliphatic carbocycles. The van der Waals surface area contributed by atoms with Gasteiger partial charge in [-0.05, 0) is 42.0 Å². The minimum atomic E-state index is -1.18. The molecule has 8 heteroatoms. The van der Waals surface area contributed by atoms with Crippen LogP contribution in [0, 0.1) is 11.3 Å². The molecule has 0 bridgehead atoms. The molecule has 0 aromatic heterocycles. The van der Waals surface area contributed by atoms with E-state index < -0.39 is 30.1 Å². The van der Waals surface area contributed by atoms with Crippen LogP contribution in [0.15, 0.2) is 48.5 Å². The van der Waals surface area contributed by atoms with Gasteiger partial charge in [-0.25, -0.2) is 4.79 Å². The molecule has 0 fully saturated rings. The van der Waals surface area contributed by atoms with E-state index in [1.165, 1.54) is 6.92 Å². The second-order valence-corrected chi connectivity index (χ2v) is 7.64. The third-order valence-corrected chi connectivity index (χ3v) is 5.46. The maximum atomic E-state index is 12.5. The molecule has 166 valence electrons. The molecular weight excluding hydrogens is 410 g/mol. The Kier molecular flexibility index (Phi) is 7.45. The van der Waals surface area contributed by atoms with Gasteiger partial charge in [0.1, 0.15) is 18.7 Å². The van der Waals surface area contributed by atoms with Crippen molar-refractivity contribution in [3.05, 3.63) is 59.7 Å². The first-order valence-electron chi connectivity index (χ1n) is 10.4. The van der Waals surface area contributed by atoms with Gasteiger partial charge in [-0.3, -0.25) is 9.59 Å². The average Bonchev–Trinajstić information content (AvgIpc) is 3.10. The zero-order chi connectivity index (χ0) is 23.1. The Morgan fingerprint density at radius 1 is 1.06 bits per heavy atom. The van der Waals surface area contributed by atoms with Crippen molar-refractivity contribution < 1.29 is 24.2 Å². The number of rotatable bonds is 9. The Hall–Kier alpha value is -3.86. The monoisotopic (exact) mass is 435 g/mol. The molecule has 0 aliphatic heterocycles. The molecule has 0 saturated carbocycles. The van der Waals surface area contributed by atoms with Gasteiger partial charge in [0, 0.05) is 12.3 Å². The Bertz CT molecular complexity index is 1000. The van der Waals surface area contributed by atoms with E-state index in [1.807, 2.05) is 54.6 Å². The van der Waals surface area contributed by atoms with E-state index in [0.717, 1.165) is 22.3 Å². The van der Waals surface area contributed by atoms with Crippen LogP contribution in [0.25, 0.3) is 11.1 Å². The summed E-state index contributed by atoms with van der Waals surface area (Å²) in [5.41, 5.74) is 4.35. The van der Waals surface area contributed by atoms with Crippen LogP contribution >= 0.6 is 0 Å². The first kappa shape index (κ1) is 22.8. The molecule has 1 unspecified atom stereocenters. The SMILES string of the molecule is C[C@H](NC(=O)C(CCCC#N)NC(=O)OCC1c2ccccc2-c2ccccc21)C(=O)O. The van der Waals surface area contributed by atoms with Gasteiger partial charge in [0.2, 0.25) is 5.91 Å². The summed E-state index contributed by atoms with van der Waals surface area (Å²) in [5, 5.41) is 22.6. The number of ether oxygens (including phenoxy) is 1. The molecule has 0 saturated heterocycles. The summed E-state index contributed by atoms with van der Waals surface area (Å²) in [6, 6.07) is 15.8. The van der Waals surface area contributed by atoms with Crippen LogP contribution in [-0.2, 0) is 14.3 Å². The Morgan fingerprint density at radius 3 is 2.22 bits per heavy atom. The predicted octanol–water partition coefficient (Wildman–Crippen LogP) is 3.18. The lowest BCUT2D eigenvalue weighted by Crippen LogP contribution is -2.50. The summed E-state index contributed by atoms with van der Waals surface area (Å²) in [7, 11) is 0. The summed E-state index contributed by atoms with van der Waals surface area (Å²) in [5.74, 6) is -1.94. The van der Waals surface area contributed by atoms with Crippen molar-refractivity contribution >= 4 is 18.0 Å². The first-order chi connectivity index (χ1) is 15.4. The highest BCUT2D eigenvalue weighted by Crippen LogP contribution is 2.44. The molecule has 2 aromatic rings. The fraction of sp³-hybridized carbons (Fsp3) is 0.333. The number of carboxylic acids is 1. The van der Waals surface area contributed by atoms with Crippen LogP contribution in [0.2, 0.25) is 0 Å². The standard InChI is InChI=1S/C24H25N3O5/c1-15(23(29)30)26-22(28)21(12-6-7-13-25)27-24(31)32-14-20-18-10-4-2-8-16(18)17-9-3-5-11-19(17)20/h2-5,8-11,15,20-21H,6-7,12,14H2,1H3,(H,26,28)(H,27,31)(H,29,30)/t15-,21?/m0/s1. The summed E-state index contributed by atoms with van der Waals surface area (Å²) < 4.78 is 5.47. The van der Waals surface area contributed by atoms with E-state index in [9.17, 15) is 14.4 Å². The van der Waals surface area contributed by atoms with Gasteiger partial charge in [-0.15, -0.1) is 0 Å². The number of benzene rings is 2. The van der Waals surface area contributed by atoms with Crippen LogP contribution < -0.4 is 10.6 Å². The zero-order valence-corrected chi connectivity index (χ0v) is 17.7. The number of nitrogens with one attached hydrogen (secondary N) is 2. The van der Waals surface area contributed by atoms with E-state index in [1.54, 1.807) is 0 Å². The molecule has 2 amide bonds. The minimum Gasteiger partial charge on any atom is -0.480 e. The predicted molar refractivity (Wildman–Crippen MR) is 117 cm³/mol. The van der Waals surface area contributed by atoms with Crippen molar-refractivity contribution in [1.29, 1.82) is 5.26 Å². The van der Waals surface area contributed by atoms with Crippen LogP contribution in [-0.4, -0.2) is 41.8 Å². The van der Waals surface area contributed by atoms with Crippen LogP contribution in [0.4, 0.5) is 4.79 Å². The molecule has 0 spiro atoms. The number of carbonyl (C=O) groups excluding carboxylic acids is 2. The van der Waals surface area contributed by atoms with E-state index in [4.69, 9.17) is 15.1 Å². The molecule has 2 aromatic carbocycles. The molecule has 2 atom stereocenters. The Labute approximate surface area is 186 Å². The third kappa shape index (κ3) is 5.24. The van der Waals surface area contributed by atoms with E-state index >= 15 is 0 Å². The molecule has 3 rings (SSSR count). The molecule has 0 radical (unpaired) electrons. The lowest BCUT2D eigenvalue weighted by Gasteiger charge is -2.20. The molecule has 0 heterocycles. The van der Waals surface area contributed by atoms with E-state index in [2.05, 4.69) is 10.6 Å². The second-order valence-electron chi connectivity index (χ2n) is 7.64. The first-order valence-corrected chi connectivity index (χ1v) is 10.4. The van der Waals surface area contributed by atoms with Crippen molar-refractivity contribution in [2.24, 2.45) is 0 Å². The molecule has 32 heavy (non-hydrogen) atoms. The summed E-state index contributed by atoms with van der Waals surface area (Å²) >= 11 is 0. The van der Waals surface area contributed by atoms with Gasteiger partial charge in [0.25, 0.3) is 0 Å². The van der Waals surface area contributed by atoms with Gasteiger partial charge in [0.05, 0.1) is 6.07 Å². The molecule has 3 N–H and O–H groups in total. The lowest BCUT2D eigenvalue weighted by atomic mass is 9.98. The minimum absolute atomic E-state index is 0.0952. The highest BCUT2D eigenvalue weighted by Gasteiger charge is 2.30. The highest BCUT2D eigenvalue weighted by molar-refractivity contribution is 5.89. The highest BCUT2D eigenvalue weighted by atomic mass is 16.5. The van der Waals surface area contributed by atoms with E-state index in [-0.39, 0.29) is 25.4 Å². The van der Waals surface area contributed by atoms with Crippen LogP contribution in [0.3, 0.4) is 0 Å². The smallest absolute Gasteiger partial charge is 0.407 e. The van der Waals surface area contributed by atoms with Crippen molar-refractivity contribution in [2.75, 3.05) is 6.61 Å². The number of carbonyl (C=O) groups is 3. The van der Waals surface area contributed by atoms with Gasteiger partial charge in [-0.1, -0.05) is 48.5 Å². The van der Waals surface area contributed by atoms with Crippen molar-refractivity contribution in [2.45, 2.75) is 44.2 Å². The summed E-state index contributed by atoms with van der Waals surface area (Å²) in [6.07, 6.45) is 0.00669. The second kappa shape index (κ2) is 10.4. The van der Waals surface area contributed by atoms with Crippen molar-refractivity contribution in [1.82, 2.24) is 10.6 Å². The topological polar surface area (TPSA) is 129 Å². The quantitative estimate of drug-likeness (QED) is 0.519. The van der Waals surface area contributed by atoms with Crippen molar-refractivity contribution in [3.63, 3.8) is 0 Å². The van der Waals surface area contributed by atoms with Crippen molar-refractivity contribution in [3.8, 4) is 17.2 Å². The number of hydrogen-bond acceptors (Lipinski definition) is 5. The Morgan fingerprint density at radius 2 is 1.66 bits per heavy atom. The summed E-state index contributed by atoms with van der Waals surface area (Å²) in [6.45, 7) is 1.43. The maximum Gasteiger partial charge on any atom is 0.407 e. The number of nitriles is 1. The fourth-order valence-electron chi connectivity index (χ4n) is 3.81. The van der Waals surface area contributed by atoms with Gasteiger partial charge in [0.15, 0.2) is 0 Å². The van der Waals surface area contributed by atoms with Gasteiger partial charge < -0.3 is 20.5 Å². The largest absolute Gasteiger partial charge is 0.480 e. The van der Waals surface area contributed by atoms with Gasteiger partial charge >= 0.3 is 12.1 Å². The zero-order valence-electron chi connectivity index (χ0n) is 17.7. The van der Waals surface area contributed by atoms with Crippen LogP contribution in [0.1, 0.15) is 43.2 Å². The third-order valence-electron chi connectivity index (χ3n) is 5.46. The maximum absolute atomic E-state index is 12.5. The van der Waals surface area contributed by atoms with Gasteiger partial charge in [-0.2, -0.15) is 5.26 Å². The van der Waals surface area contributed by atoms with E-state index in [0.29, 0.717) is 6.42 Å². The number of hydrogen-bond donors (Lipinski definition) is 3. The number of amides is 2. The number of unbranched alkanes of at least 4 members (excludes halogenated alkanes) is 1. The normalized spacial score (nSPS) is 13.8.